The van der Waals surface area contributed by atoms with E-state index in [1.807, 2.05) is 6.08 Å². The Labute approximate surface area is 137 Å². The van der Waals surface area contributed by atoms with E-state index in [-0.39, 0.29) is 35.9 Å². The standard InChI is InChI=1S/C16H27ClN2O3/c1-5-22-16(21)14-9-12(6-7-17)15(19-14)13(8-10(2)3)18-11(4)20/h6-7,10,12-15,19H,5,8-9H2,1-4H3,(H,18,20)/t12-,13+,14-,15-/m1/s1. The molecule has 6 heteroatoms. The largest absolute Gasteiger partial charge is 0.465 e. The van der Waals surface area contributed by atoms with E-state index in [0.717, 1.165) is 6.42 Å². The van der Waals surface area contributed by atoms with Gasteiger partial charge in [-0.25, -0.2) is 0 Å². The fraction of sp³-hybridized carbons (Fsp3) is 0.750. The van der Waals surface area contributed by atoms with E-state index in [1.54, 1.807) is 6.92 Å². The molecular weight excluding hydrogens is 304 g/mol. The summed E-state index contributed by atoms with van der Waals surface area (Å²) in [5.74, 6) is 0.202. The maximum absolute atomic E-state index is 12.0. The van der Waals surface area contributed by atoms with Gasteiger partial charge in [0.15, 0.2) is 0 Å². The Morgan fingerprint density at radius 1 is 1.45 bits per heavy atom. The van der Waals surface area contributed by atoms with Crippen LogP contribution in [0.5, 0.6) is 0 Å². The van der Waals surface area contributed by atoms with Crippen molar-refractivity contribution in [2.45, 2.75) is 58.7 Å². The molecule has 0 spiro atoms. The van der Waals surface area contributed by atoms with Gasteiger partial charge in [-0.15, -0.1) is 0 Å². The minimum Gasteiger partial charge on any atom is -0.465 e. The number of amides is 1. The third-order valence-corrected chi connectivity index (χ3v) is 3.95. The van der Waals surface area contributed by atoms with Gasteiger partial charge in [0.05, 0.1) is 6.61 Å². The number of carbonyl (C=O) groups is 2. The minimum atomic E-state index is -0.355. The Balaban J connectivity index is 2.89. The second-order valence-electron chi connectivity index (χ2n) is 6.15. The lowest BCUT2D eigenvalue weighted by Gasteiger charge is -2.29. The van der Waals surface area contributed by atoms with Gasteiger partial charge in [-0.05, 0) is 31.6 Å². The SMILES string of the molecule is CCOC(=O)[C@H]1C[C@@H](C=CCl)[C@H]([C@H](CC(C)C)NC(C)=O)N1. The van der Waals surface area contributed by atoms with Crippen LogP contribution in [0.4, 0.5) is 0 Å². The summed E-state index contributed by atoms with van der Waals surface area (Å²) in [5, 5.41) is 6.32. The first-order valence-electron chi connectivity index (χ1n) is 7.85. The molecule has 22 heavy (non-hydrogen) atoms. The van der Waals surface area contributed by atoms with Crippen LogP contribution in [-0.2, 0) is 14.3 Å². The van der Waals surface area contributed by atoms with Gasteiger partial charge in [0.1, 0.15) is 6.04 Å². The molecule has 0 aromatic heterocycles. The van der Waals surface area contributed by atoms with E-state index >= 15 is 0 Å². The number of carbonyl (C=O) groups excluding carboxylic acids is 2. The van der Waals surface area contributed by atoms with Crippen LogP contribution in [0.2, 0.25) is 0 Å². The highest BCUT2D eigenvalue weighted by Gasteiger charge is 2.41. The van der Waals surface area contributed by atoms with Gasteiger partial charge in [0.25, 0.3) is 0 Å². The maximum atomic E-state index is 12.0. The van der Waals surface area contributed by atoms with Crippen LogP contribution in [0.1, 0.15) is 40.5 Å². The molecule has 0 aromatic carbocycles. The summed E-state index contributed by atoms with van der Waals surface area (Å²) in [7, 11) is 0. The number of hydrogen-bond acceptors (Lipinski definition) is 4. The molecule has 1 aliphatic heterocycles. The third kappa shape index (κ3) is 5.61. The maximum Gasteiger partial charge on any atom is 0.323 e. The molecule has 0 unspecified atom stereocenters. The van der Waals surface area contributed by atoms with E-state index in [1.165, 1.54) is 12.5 Å². The number of hydrogen-bond donors (Lipinski definition) is 2. The van der Waals surface area contributed by atoms with Crippen molar-refractivity contribution in [2.24, 2.45) is 11.8 Å². The van der Waals surface area contributed by atoms with Crippen molar-refractivity contribution in [3.63, 3.8) is 0 Å². The predicted molar refractivity (Wildman–Crippen MR) is 87.5 cm³/mol. The Kier molecular flexibility index (Phi) is 7.90. The lowest BCUT2D eigenvalue weighted by Crippen LogP contribution is -2.51. The van der Waals surface area contributed by atoms with E-state index in [4.69, 9.17) is 16.3 Å². The highest BCUT2D eigenvalue weighted by atomic mass is 35.5. The van der Waals surface area contributed by atoms with Crippen LogP contribution in [0.25, 0.3) is 0 Å². The lowest BCUT2D eigenvalue weighted by molar-refractivity contribution is -0.145. The van der Waals surface area contributed by atoms with Crippen LogP contribution >= 0.6 is 11.6 Å². The minimum absolute atomic E-state index is 0.0318. The van der Waals surface area contributed by atoms with Crippen molar-refractivity contribution < 1.29 is 14.3 Å². The molecule has 0 aliphatic carbocycles. The summed E-state index contributed by atoms with van der Waals surface area (Å²) in [6, 6.07) is -0.434. The molecule has 1 heterocycles. The van der Waals surface area contributed by atoms with Gasteiger partial charge in [0.2, 0.25) is 5.91 Å². The van der Waals surface area contributed by atoms with Crippen molar-refractivity contribution in [2.75, 3.05) is 6.61 Å². The molecule has 1 aliphatic rings. The number of esters is 1. The van der Waals surface area contributed by atoms with Crippen molar-refractivity contribution in [3.8, 4) is 0 Å². The molecule has 2 N–H and O–H groups in total. The fourth-order valence-electron chi connectivity index (χ4n) is 3.02. The summed E-state index contributed by atoms with van der Waals surface area (Å²) in [4.78, 5) is 23.5. The number of rotatable bonds is 7. The van der Waals surface area contributed by atoms with Crippen LogP contribution in [0, 0.1) is 11.8 Å². The quantitative estimate of drug-likeness (QED) is 0.702. The normalized spacial score (nSPS) is 26.4. The highest BCUT2D eigenvalue weighted by Crippen LogP contribution is 2.27. The zero-order chi connectivity index (χ0) is 16.7. The summed E-state index contributed by atoms with van der Waals surface area (Å²) in [5.41, 5.74) is 1.48. The monoisotopic (exact) mass is 330 g/mol. The Morgan fingerprint density at radius 2 is 2.14 bits per heavy atom. The first kappa shape index (κ1) is 19.0. The predicted octanol–water partition coefficient (Wildman–Crippen LogP) is 2.20. The van der Waals surface area contributed by atoms with Gasteiger partial charge >= 0.3 is 5.97 Å². The smallest absolute Gasteiger partial charge is 0.323 e. The fourth-order valence-corrected chi connectivity index (χ4v) is 3.21. The third-order valence-electron chi connectivity index (χ3n) is 3.80. The van der Waals surface area contributed by atoms with Gasteiger partial charge in [-0.1, -0.05) is 31.5 Å². The van der Waals surface area contributed by atoms with Crippen LogP contribution in [0.15, 0.2) is 11.6 Å². The molecule has 0 saturated carbocycles. The number of halogens is 1. The summed E-state index contributed by atoms with van der Waals surface area (Å²) >= 11 is 5.74. The summed E-state index contributed by atoms with van der Waals surface area (Å²) in [6.07, 6.45) is 3.34. The van der Waals surface area contributed by atoms with Crippen LogP contribution in [0.3, 0.4) is 0 Å². The zero-order valence-electron chi connectivity index (χ0n) is 13.8. The molecule has 1 fully saturated rings. The van der Waals surface area contributed by atoms with Crippen molar-refractivity contribution in [1.29, 1.82) is 0 Å². The molecular formula is C16H27ClN2O3. The van der Waals surface area contributed by atoms with E-state index in [9.17, 15) is 9.59 Å². The molecule has 1 amide bonds. The average Bonchev–Trinajstić information content (AvgIpc) is 2.81. The first-order valence-corrected chi connectivity index (χ1v) is 8.29. The van der Waals surface area contributed by atoms with E-state index in [0.29, 0.717) is 18.9 Å². The number of nitrogens with one attached hydrogen (secondary N) is 2. The average molecular weight is 331 g/mol. The second kappa shape index (κ2) is 9.16. The van der Waals surface area contributed by atoms with E-state index in [2.05, 4.69) is 24.5 Å². The Bertz CT molecular complexity index is 412. The van der Waals surface area contributed by atoms with Crippen molar-refractivity contribution in [1.82, 2.24) is 10.6 Å². The van der Waals surface area contributed by atoms with Gasteiger partial charge in [-0.3, -0.25) is 14.9 Å². The molecule has 0 bridgehead atoms. The van der Waals surface area contributed by atoms with Crippen LogP contribution in [-0.4, -0.2) is 36.6 Å². The molecule has 1 rings (SSSR count). The van der Waals surface area contributed by atoms with Crippen molar-refractivity contribution in [3.05, 3.63) is 11.6 Å². The lowest BCUT2D eigenvalue weighted by atomic mass is 9.89. The molecule has 1 saturated heterocycles. The van der Waals surface area contributed by atoms with Crippen molar-refractivity contribution >= 4 is 23.5 Å². The van der Waals surface area contributed by atoms with Gasteiger partial charge in [0, 0.05) is 24.5 Å². The molecule has 4 atom stereocenters. The molecule has 0 aromatic rings. The molecule has 5 nitrogen and oxygen atoms in total. The molecule has 126 valence electrons. The zero-order valence-corrected chi connectivity index (χ0v) is 14.5. The number of ether oxygens (including phenoxy) is 1. The van der Waals surface area contributed by atoms with Gasteiger partial charge < -0.3 is 10.1 Å². The summed E-state index contributed by atoms with van der Waals surface area (Å²) < 4.78 is 5.10. The van der Waals surface area contributed by atoms with Crippen LogP contribution < -0.4 is 10.6 Å². The first-order chi connectivity index (χ1) is 10.4. The Morgan fingerprint density at radius 3 is 2.64 bits per heavy atom. The second-order valence-corrected chi connectivity index (χ2v) is 6.40. The molecule has 0 radical (unpaired) electrons. The Hall–Kier alpha value is -1.07. The summed E-state index contributed by atoms with van der Waals surface area (Å²) in [6.45, 7) is 7.88. The highest BCUT2D eigenvalue weighted by molar-refractivity contribution is 6.25. The topological polar surface area (TPSA) is 67.4 Å². The van der Waals surface area contributed by atoms with Gasteiger partial charge in [-0.2, -0.15) is 0 Å². The van der Waals surface area contributed by atoms with E-state index < -0.39 is 0 Å².